The predicted octanol–water partition coefficient (Wildman–Crippen LogP) is 9.85. The standard InChI is InChI=1S/C63H71N9O8S2/c1-37-45(46-23-24-53(67-55(46)61(78)79)71-30-27-42-13-9-15-47(48(42)34-71)58(75)69-62-66-49-16-7-8-18-52(49)82-62)14-10-17-51(37)80-31-11-12-40-25-28-70(29-26-40)35-54(74)68-57(63(4,5)6)60(77)72-33-44(73)32-50(72)59(76)65-38(2)41-19-21-43(22-20-41)56-39(3)64-36-81-56/h7-10,13-24,36,38,40,44,50,57,73H,11-12,25-35H2,1-6H3,(H,65,76)(H,68,74)(H,78,79)(H,66,69,75)/t38?,44-,50+,57?/m1/s1. The molecule has 82 heavy (non-hydrogen) atoms. The highest BCUT2D eigenvalue weighted by molar-refractivity contribution is 7.22. The number of benzene rings is 4. The van der Waals surface area contributed by atoms with Crippen molar-refractivity contribution in [3.8, 4) is 27.3 Å². The molecule has 17 nitrogen and oxygen atoms in total. The number of aromatic carboxylic acids is 1. The van der Waals surface area contributed by atoms with Gasteiger partial charge in [0.1, 0.15) is 23.7 Å². The van der Waals surface area contributed by atoms with E-state index in [1.807, 2.05) is 149 Å². The van der Waals surface area contributed by atoms with Crippen LogP contribution in [0.2, 0.25) is 0 Å². The van der Waals surface area contributed by atoms with Crippen molar-refractivity contribution in [2.45, 2.75) is 111 Å². The molecule has 0 radical (unpaired) electrons. The quantitative estimate of drug-likeness (QED) is 0.0506. The fraction of sp³-hybridized carbons (Fsp3) is 0.397. The lowest BCUT2D eigenvalue weighted by Gasteiger charge is -2.36. The average Bonchev–Trinajstić information content (AvgIpc) is 4.12. The molecule has 10 rings (SSSR count). The number of likely N-dealkylation sites (tertiary alicyclic amines) is 2. The number of rotatable bonds is 18. The van der Waals surface area contributed by atoms with Crippen molar-refractivity contribution >= 4 is 73.4 Å². The van der Waals surface area contributed by atoms with Gasteiger partial charge in [-0.15, -0.1) is 11.3 Å². The third kappa shape index (κ3) is 13.0. The summed E-state index contributed by atoms with van der Waals surface area (Å²) < 4.78 is 7.34. The van der Waals surface area contributed by atoms with Gasteiger partial charge in [-0.05, 0) is 147 Å². The number of hydrogen-bond donors (Lipinski definition) is 5. The van der Waals surface area contributed by atoms with E-state index in [9.17, 15) is 34.2 Å². The lowest BCUT2D eigenvalue weighted by molar-refractivity contribution is -0.144. The van der Waals surface area contributed by atoms with Crippen LogP contribution in [0.5, 0.6) is 5.75 Å². The minimum atomic E-state index is -1.14. The van der Waals surface area contributed by atoms with E-state index < -0.39 is 35.5 Å². The number of fused-ring (bicyclic) bond motifs is 2. The van der Waals surface area contributed by atoms with Crippen LogP contribution < -0.4 is 25.6 Å². The molecule has 0 saturated carbocycles. The molecule has 19 heteroatoms. The Morgan fingerprint density at radius 1 is 0.866 bits per heavy atom. The summed E-state index contributed by atoms with van der Waals surface area (Å²) in [5, 5.41) is 30.9. The molecule has 4 atom stereocenters. The number of carbonyl (C=O) groups excluding carboxylic acids is 4. The first-order valence-corrected chi connectivity index (χ1v) is 29.9. The number of β-amino-alcohol motifs (C(OH)–C–C–N with tert-alkyl or cyclic N) is 1. The molecular formula is C63H71N9O8S2. The maximum atomic E-state index is 14.3. The van der Waals surface area contributed by atoms with Crippen LogP contribution in [0.15, 0.2) is 103 Å². The van der Waals surface area contributed by atoms with E-state index in [4.69, 9.17) is 9.72 Å². The molecular weight excluding hydrogens is 1070 g/mol. The van der Waals surface area contributed by atoms with Crippen LogP contribution in [-0.4, -0.2) is 122 Å². The van der Waals surface area contributed by atoms with Crippen LogP contribution in [0.3, 0.4) is 0 Å². The van der Waals surface area contributed by atoms with Gasteiger partial charge in [0, 0.05) is 37.2 Å². The van der Waals surface area contributed by atoms with Crippen molar-refractivity contribution in [1.82, 2.24) is 35.4 Å². The maximum Gasteiger partial charge on any atom is 0.355 e. The predicted molar refractivity (Wildman–Crippen MR) is 320 cm³/mol. The van der Waals surface area contributed by atoms with Gasteiger partial charge in [0.25, 0.3) is 5.91 Å². The van der Waals surface area contributed by atoms with Crippen LogP contribution in [0.4, 0.5) is 10.9 Å². The van der Waals surface area contributed by atoms with Crippen LogP contribution in [0, 0.1) is 25.2 Å². The third-order valence-electron chi connectivity index (χ3n) is 16.2. The van der Waals surface area contributed by atoms with E-state index in [-0.39, 0.29) is 49.0 Å². The van der Waals surface area contributed by atoms with Crippen molar-refractivity contribution in [2.75, 3.05) is 49.5 Å². The van der Waals surface area contributed by atoms with Gasteiger partial charge in [0.2, 0.25) is 17.7 Å². The van der Waals surface area contributed by atoms with Crippen LogP contribution in [0.25, 0.3) is 31.8 Å². The van der Waals surface area contributed by atoms with Gasteiger partial charge in [0.15, 0.2) is 10.8 Å². The highest BCUT2D eigenvalue weighted by atomic mass is 32.1. The van der Waals surface area contributed by atoms with E-state index in [0.717, 1.165) is 92.9 Å². The Morgan fingerprint density at radius 3 is 2.37 bits per heavy atom. The summed E-state index contributed by atoms with van der Waals surface area (Å²) in [6.07, 6.45) is 3.47. The largest absolute Gasteiger partial charge is 0.493 e. The smallest absolute Gasteiger partial charge is 0.355 e. The Morgan fingerprint density at radius 2 is 1.63 bits per heavy atom. The average molecular weight is 1150 g/mol. The molecule has 4 aromatic carbocycles. The molecule has 2 saturated heterocycles. The minimum absolute atomic E-state index is 0.00191. The second-order valence-electron chi connectivity index (χ2n) is 22.9. The topological polar surface area (TPSA) is 220 Å². The van der Waals surface area contributed by atoms with Crippen LogP contribution >= 0.6 is 22.7 Å². The second kappa shape index (κ2) is 24.9. The molecule has 0 aliphatic carbocycles. The molecule has 0 bridgehead atoms. The highest BCUT2D eigenvalue weighted by Gasteiger charge is 2.45. The SMILES string of the molecule is Cc1ncsc1-c1ccc(C(C)NC(=O)[C@@H]2C[C@@H](O)CN2C(=O)C(NC(=O)CN2CCC(CCCOc3cccc(-c4ccc(N5CCc6cccc(C(=O)Nc7nc8ccccc8s7)c6C5)nc4C(=O)O)c3C)CC2)C(C)(C)C)cc1. The summed E-state index contributed by atoms with van der Waals surface area (Å²) in [6.45, 7) is 14.5. The van der Waals surface area contributed by atoms with Gasteiger partial charge >= 0.3 is 5.97 Å². The number of aromatic nitrogens is 3. The minimum Gasteiger partial charge on any atom is -0.493 e. The number of piperidine rings is 1. The van der Waals surface area contributed by atoms with Crippen molar-refractivity contribution in [1.29, 1.82) is 0 Å². The Hall–Kier alpha value is -7.58. The summed E-state index contributed by atoms with van der Waals surface area (Å²) in [7, 11) is 0. The lowest BCUT2D eigenvalue weighted by atomic mass is 9.85. The molecule has 0 spiro atoms. The molecule has 428 valence electrons. The zero-order valence-corrected chi connectivity index (χ0v) is 48.9. The number of aliphatic hydroxyl groups is 1. The number of pyridine rings is 1. The van der Waals surface area contributed by atoms with Gasteiger partial charge < -0.3 is 35.4 Å². The monoisotopic (exact) mass is 1150 g/mol. The van der Waals surface area contributed by atoms with E-state index in [0.29, 0.717) is 59.9 Å². The number of amides is 4. The lowest BCUT2D eigenvalue weighted by Crippen LogP contribution is -2.59. The summed E-state index contributed by atoms with van der Waals surface area (Å²) in [5.74, 6) is -0.775. The molecule has 3 aliphatic rings. The third-order valence-corrected chi connectivity index (χ3v) is 18.1. The number of nitrogens with zero attached hydrogens (tertiary/aromatic N) is 6. The number of aliphatic hydroxyl groups excluding tert-OH is 1. The zero-order valence-electron chi connectivity index (χ0n) is 47.2. The normalized spacial score (nSPS) is 17.5. The Labute approximate surface area is 486 Å². The van der Waals surface area contributed by atoms with Gasteiger partial charge in [-0.3, -0.25) is 29.4 Å². The van der Waals surface area contributed by atoms with Gasteiger partial charge in [-0.25, -0.2) is 19.7 Å². The molecule has 2 unspecified atom stereocenters. The van der Waals surface area contributed by atoms with Crippen molar-refractivity contribution in [3.63, 3.8) is 0 Å². The highest BCUT2D eigenvalue weighted by Crippen LogP contribution is 2.36. The maximum absolute atomic E-state index is 14.3. The van der Waals surface area contributed by atoms with Crippen molar-refractivity contribution in [3.05, 3.63) is 142 Å². The fourth-order valence-corrected chi connectivity index (χ4v) is 13.2. The Kier molecular flexibility index (Phi) is 17.5. The van der Waals surface area contributed by atoms with Crippen LogP contribution in [-0.2, 0) is 27.3 Å². The molecule has 2 fully saturated rings. The number of hydrogen-bond acceptors (Lipinski definition) is 14. The Balaban J connectivity index is 0.690. The summed E-state index contributed by atoms with van der Waals surface area (Å²) in [6, 6.07) is 28.6. The first-order valence-electron chi connectivity index (χ1n) is 28.2. The fourth-order valence-electron chi connectivity index (χ4n) is 11.6. The Bertz CT molecular complexity index is 3460. The molecule has 3 aliphatic heterocycles. The second-order valence-corrected chi connectivity index (χ2v) is 24.8. The molecule has 7 aromatic rings. The molecule has 4 amide bonds. The number of nitrogens with one attached hydrogen (secondary N) is 3. The van der Waals surface area contributed by atoms with Crippen LogP contribution in [0.1, 0.15) is 115 Å². The first kappa shape index (κ1) is 57.6. The summed E-state index contributed by atoms with van der Waals surface area (Å²) in [5.41, 5.74) is 9.31. The molecule has 6 heterocycles. The number of thiazole rings is 2. The number of anilines is 2. The molecule has 5 N–H and O–H groups in total. The number of ether oxygens (including phenoxy) is 1. The first-order chi connectivity index (χ1) is 39.4. The van der Waals surface area contributed by atoms with E-state index in [1.165, 1.54) is 16.2 Å². The zero-order chi connectivity index (χ0) is 57.8. The van der Waals surface area contributed by atoms with Gasteiger partial charge in [0.05, 0.1) is 51.6 Å². The number of carbonyl (C=O) groups is 5. The number of para-hydroxylation sites is 1. The van der Waals surface area contributed by atoms with E-state index in [1.54, 1.807) is 11.3 Å². The molecule has 3 aromatic heterocycles. The van der Waals surface area contributed by atoms with E-state index in [2.05, 4.69) is 30.8 Å². The van der Waals surface area contributed by atoms with Crippen molar-refractivity contribution in [2.24, 2.45) is 11.3 Å². The number of carboxylic acids is 1. The number of aryl methyl sites for hydroxylation is 1. The summed E-state index contributed by atoms with van der Waals surface area (Å²) >= 11 is 3.00. The van der Waals surface area contributed by atoms with Gasteiger partial charge in [-0.2, -0.15) is 0 Å². The summed E-state index contributed by atoms with van der Waals surface area (Å²) in [4.78, 5) is 88.7. The van der Waals surface area contributed by atoms with Crippen molar-refractivity contribution < 1.29 is 38.9 Å². The number of carboxylic acid groups (broad SMARTS) is 1. The van der Waals surface area contributed by atoms with E-state index >= 15 is 0 Å². The van der Waals surface area contributed by atoms with Gasteiger partial charge in [-0.1, -0.05) is 92.8 Å².